The van der Waals surface area contributed by atoms with E-state index in [2.05, 4.69) is 42.0 Å². The van der Waals surface area contributed by atoms with Gasteiger partial charge in [0.1, 0.15) is 6.33 Å². The van der Waals surface area contributed by atoms with Crippen LogP contribution in [0.1, 0.15) is 50.7 Å². The van der Waals surface area contributed by atoms with Gasteiger partial charge < -0.3 is 9.47 Å². The minimum absolute atomic E-state index is 0.452. The average Bonchev–Trinajstić information content (AvgIpc) is 2.80. The Balaban J connectivity index is 1.92. The Hall–Kier alpha value is -2.01. The van der Waals surface area contributed by atoms with E-state index in [9.17, 15) is 0 Å². The molecule has 4 rings (SSSR count). The Morgan fingerprint density at radius 3 is 2.11 bits per heavy atom. The van der Waals surface area contributed by atoms with Crippen molar-refractivity contribution in [2.45, 2.75) is 59.0 Å². The van der Waals surface area contributed by atoms with Gasteiger partial charge in [0, 0.05) is 10.9 Å². The lowest BCUT2D eigenvalue weighted by Gasteiger charge is -2.30. The fourth-order valence-electron chi connectivity index (χ4n) is 3.65. The highest BCUT2D eigenvalue weighted by Crippen LogP contribution is 2.48. The van der Waals surface area contributed by atoms with Gasteiger partial charge in [-0.25, -0.2) is 9.97 Å². The Morgan fingerprint density at radius 1 is 0.893 bits per heavy atom. The molecule has 5 heteroatoms. The van der Waals surface area contributed by atoms with Crippen LogP contribution in [-0.2, 0) is 9.47 Å². The van der Waals surface area contributed by atoms with E-state index < -0.39 is 17.5 Å². The van der Waals surface area contributed by atoms with Crippen LogP contribution >= 0.6 is 11.6 Å². The lowest BCUT2D eigenvalue weighted by atomic mass is 9.90. The van der Waals surface area contributed by atoms with Gasteiger partial charge in [-0.1, -0.05) is 28.8 Å². The molecule has 0 radical (unpaired) electrons. The summed E-state index contributed by atoms with van der Waals surface area (Å²) in [5.41, 5.74) is 4.95. The van der Waals surface area contributed by atoms with Crippen molar-refractivity contribution in [2.75, 3.05) is 0 Å². The molecule has 1 fully saturated rings. The van der Waals surface area contributed by atoms with E-state index >= 15 is 0 Å². The number of aryl methyl sites for hydroxylation is 2. The highest BCUT2D eigenvalue weighted by molar-refractivity contribution is 6.32. The van der Waals surface area contributed by atoms with Crippen molar-refractivity contribution in [3.05, 3.63) is 58.4 Å². The van der Waals surface area contributed by atoms with Gasteiger partial charge in [0.25, 0.3) is 0 Å². The summed E-state index contributed by atoms with van der Waals surface area (Å²) in [7, 11) is 0. The second-order valence-electron chi connectivity index (χ2n) is 8.54. The Labute approximate surface area is 170 Å². The molecule has 3 aromatic rings. The maximum atomic E-state index is 6.60. The van der Waals surface area contributed by atoms with E-state index in [1.165, 1.54) is 11.1 Å². The summed E-state index contributed by atoms with van der Waals surface area (Å²) in [5, 5.41) is 1.51. The van der Waals surface area contributed by atoms with Crippen molar-refractivity contribution in [1.29, 1.82) is 0 Å². The van der Waals surface area contributed by atoms with Crippen LogP contribution in [0.4, 0.5) is 0 Å². The molecule has 4 nitrogen and oxygen atoms in total. The number of hydrogen-bond acceptors (Lipinski definition) is 4. The summed E-state index contributed by atoms with van der Waals surface area (Å²) in [5.74, 6) is 0. The topological polar surface area (TPSA) is 44.2 Å². The van der Waals surface area contributed by atoms with Gasteiger partial charge >= 0.3 is 0 Å². The molecule has 1 aromatic heterocycles. The van der Waals surface area contributed by atoms with Gasteiger partial charge in [-0.05, 0) is 65.8 Å². The molecule has 0 N–H and O–H groups in total. The summed E-state index contributed by atoms with van der Waals surface area (Å²) in [6.45, 7) is 12.3. The molecule has 1 aliphatic rings. The molecule has 1 saturated heterocycles. The van der Waals surface area contributed by atoms with Crippen LogP contribution < -0.4 is 0 Å². The first-order valence-electron chi connectivity index (χ1n) is 9.46. The Kier molecular flexibility index (Phi) is 4.49. The standard InChI is InChI=1S/C23H25ClN2O2/c1-13-9-14(2)11-15(10-13)19-16-7-8-17(24)18(20(16)26-12-25-19)21-27-22(3,4)23(5,6)28-21/h7-12,21H,1-6H3. The quantitative estimate of drug-likeness (QED) is 0.519. The third kappa shape index (κ3) is 3.10. The molecular formula is C23H25ClN2O2. The molecule has 0 spiro atoms. The largest absolute Gasteiger partial charge is 0.339 e. The fourth-order valence-corrected chi connectivity index (χ4v) is 3.90. The molecule has 0 unspecified atom stereocenters. The van der Waals surface area contributed by atoms with Gasteiger partial charge in [-0.3, -0.25) is 0 Å². The first kappa shape index (κ1) is 19.3. The van der Waals surface area contributed by atoms with E-state index in [1.54, 1.807) is 6.33 Å². The van der Waals surface area contributed by atoms with Crippen LogP contribution in [0.3, 0.4) is 0 Å². The number of aromatic nitrogens is 2. The number of rotatable bonds is 2. The minimum Gasteiger partial charge on any atom is -0.339 e. The molecule has 2 aromatic carbocycles. The van der Waals surface area contributed by atoms with E-state index in [-0.39, 0.29) is 0 Å². The number of nitrogens with zero attached hydrogens (tertiary/aromatic N) is 2. The van der Waals surface area contributed by atoms with E-state index in [0.29, 0.717) is 5.02 Å². The molecule has 0 amide bonds. The predicted molar refractivity (Wildman–Crippen MR) is 113 cm³/mol. The summed E-state index contributed by atoms with van der Waals surface area (Å²) in [4.78, 5) is 9.14. The lowest BCUT2D eigenvalue weighted by Crippen LogP contribution is -2.41. The van der Waals surface area contributed by atoms with Crippen molar-refractivity contribution in [1.82, 2.24) is 9.97 Å². The van der Waals surface area contributed by atoms with Crippen molar-refractivity contribution < 1.29 is 9.47 Å². The van der Waals surface area contributed by atoms with E-state index in [0.717, 1.165) is 27.7 Å². The average molecular weight is 397 g/mol. The van der Waals surface area contributed by atoms with E-state index in [4.69, 9.17) is 21.1 Å². The smallest absolute Gasteiger partial charge is 0.188 e. The number of benzene rings is 2. The monoisotopic (exact) mass is 396 g/mol. The Bertz CT molecular complexity index is 1040. The summed E-state index contributed by atoms with van der Waals surface area (Å²) in [6.07, 6.45) is 1.00. The molecular weight excluding hydrogens is 372 g/mol. The van der Waals surface area contributed by atoms with E-state index in [1.807, 2.05) is 39.8 Å². The van der Waals surface area contributed by atoms with Crippen LogP contribution in [0.2, 0.25) is 5.02 Å². The van der Waals surface area contributed by atoms with Crippen molar-refractivity contribution >= 4 is 22.5 Å². The van der Waals surface area contributed by atoms with Gasteiger partial charge in [-0.15, -0.1) is 0 Å². The lowest BCUT2D eigenvalue weighted by molar-refractivity contribution is -0.0886. The van der Waals surface area contributed by atoms with Gasteiger partial charge in [-0.2, -0.15) is 0 Å². The van der Waals surface area contributed by atoms with Crippen molar-refractivity contribution in [3.8, 4) is 11.3 Å². The number of hydrogen-bond donors (Lipinski definition) is 0. The van der Waals surface area contributed by atoms with Crippen LogP contribution in [0, 0.1) is 13.8 Å². The second kappa shape index (κ2) is 6.51. The SMILES string of the molecule is Cc1cc(C)cc(-c2ncnc3c(C4OC(C)(C)C(C)(C)O4)c(Cl)ccc23)c1. The van der Waals surface area contributed by atoms with Crippen LogP contribution in [0.5, 0.6) is 0 Å². The van der Waals surface area contributed by atoms with Crippen molar-refractivity contribution in [3.63, 3.8) is 0 Å². The summed E-state index contributed by atoms with van der Waals surface area (Å²) in [6, 6.07) is 10.3. The zero-order valence-corrected chi connectivity index (χ0v) is 17.9. The molecule has 0 bridgehead atoms. The molecule has 1 aliphatic heterocycles. The minimum atomic E-state index is -0.580. The molecule has 2 heterocycles. The molecule has 0 atom stereocenters. The molecule has 0 saturated carbocycles. The summed E-state index contributed by atoms with van der Waals surface area (Å²) >= 11 is 6.60. The highest BCUT2D eigenvalue weighted by Gasteiger charge is 2.50. The van der Waals surface area contributed by atoms with Gasteiger partial charge in [0.05, 0.1) is 33.0 Å². The molecule has 146 valence electrons. The number of ether oxygens (including phenoxy) is 2. The second-order valence-corrected chi connectivity index (χ2v) is 8.95. The third-order valence-electron chi connectivity index (χ3n) is 5.78. The Morgan fingerprint density at radius 2 is 1.50 bits per heavy atom. The summed E-state index contributed by atoms with van der Waals surface area (Å²) < 4.78 is 12.5. The van der Waals surface area contributed by atoms with Crippen LogP contribution in [0.25, 0.3) is 22.2 Å². The number of halogens is 1. The zero-order valence-electron chi connectivity index (χ0n) is 17.1. The van der Waals surface area contributed by atoms with Crippen LogP contribution in [0.15, 0.2) is 36.7 Å². The number of fused-ring (bicyclic) bond motifs is 1. The molecule has 28 heavy (non-hydrogen) atoms. The maximum Gasteiger partial charge on any atom is 0.188 e. The predicted octanol–water partition coefficient (Wildman–Crippen LogP) is 6.17. The first-order chi connectivity index (χ1) is 13.1. The third-order valence-corrected chi connectivity index (χ3v) is 6.11. The normalized spacial score (nSPS) is 18.7. The highest BCUT2D eigenvalue weighted by atomic mass is 35.5. The van der Waals surface area contributed by atoms with Gasteiger partial charge in [0.15, 0.2) is 6.29 Å². The van der Waals surface area contributed by atoms with Gasteiger partial charge in [0.2, 0.25) is 0 Å². The fraction of sp³-hybridized carbons (Fsp3) is 0.391. The first-order valence-corrected chi connectivity index (χ1v) is 9.84. The maximum absolute atomic E-state index is 6.60. The molecule has 0 aliphatic carbocycles. The van der Waals surface area contributed by atoms with Crippen molar-refractivity contribution in [2.24, 2.45) is 0 Å². The zero-order chi connectivity index (χ0) is 20.3. The van der Waals surface area contributed by atoms with Crippen LogP contribution in [-0.4, -0.2) is 21.2 Å².